The number of rotatable bonds is 3. The number of halogens is 1. The van der Waals surface area contributed by atoms with E-state index in [1.165, 1.54) is 6.42 Å². The van der Waals surface area contributed by atoms with E-state index in [-0.39, 0.29) is 23.9 Å². The normalized spacial score (nSPS) is 17.9. The van der Waals surface area contributed by atoms with Gasteiger partial charge >= 0.3 is 0 Å². The summed E-state index contributed by atoms with van der Waals surface area (Å²) in [5.74, 6) is -0.0969. The van der Waals surface area contributed by atoms with Crippen LogP contribution in [0.4, 0.5) is 0 Å². The van der Waals surface area contributed by atoms with E-state index in [1.807, 2.05) is 0 Å². The van der Waals surface area contributed by atoms with Crippen molar-refractivity contribution in [1.82, 2.24) is 15.1 Å². The van der Waals surface area contributed by atoms with Crippen molar-refractivity contribution >= 4 is 18.3 Å². The van der Waals surface area contributed by atoms with Gasteiger partial charge in [-0.2, -0.15) is 5.10 Å². The molecule has 6 heteroatoms. The van der Waals surface area contributed by atoms with Gasteiger partial charge in [-0.15, -0.1) is 12.4 Å². The van der Waals surface area contributed by atoms with Crippen molar-refractivity contribution in [3.8, 4) is 0 Å². The number of hydrogen-bond donors (Lipinski definition) is 2. The number of carbonyl (C=O) groups excluding carboxylic acids is 1. The molecule has 1 amide bonds. The SMILES string of the molecule is Cl.Cn1nccc1C(=O)NCC1(N)CCCCC1. The molecule has 0 saturated heterocycles. The van der Waals surface area contributed by atoms with Crippen molar-refractivity contribution in [1.29, 1.82) is 0 Å². The minimum absolute atomic E-state index is 0. The zero-order chi connectivity index (χ0) is 12.3. The van der Waals surface area contributed by atoms with Crippen molar-refractivity contribution in [2.45, 2.75) is 37.6 Å². The zero-order valence-corrected chi connectivity index (χ0v) is 11.5. The van der Waals surface area contributed by atoms with Crippen LogP contribution in [0.1, 0.15) is 42.6 Å². The largest absolute Gasteiger partial charge is 0.349 e. The van der Waals surface area contributed by atoms with Crippen molar-refractivity contribution in [2.24, 2.45) is 12.8 Å². The molecule has 3 N–H and O–H groups in total. The highest BCUT2D eigenvalue weighted by Gasteiger charge is 2.28. The number of nitrogens with zero attached hydrogens (tertiary/aromatic N) is 2. The van der Waals surface area contributed by atoms with Gasteiger partial charge in [0.05, 0.1) is 0 Å². The number of nitrogens with two attached hydrogens (primary N) is 1. The van der Waals surface area contributed by atoms with Gasteiger partial charge in [-0.05, 0) is 18.9 Å². The molecular formula is C12H21ClN4O. The highest BCUT2D eigenvalue weighted by atomic mass is 35.5. The third-order valence-electron chi connectivity index (χ3n) is 3.50. The average molecular weight is 273 g/mol. The molecule has 1 aliphatic rings. The molecule has 0 atom stereocenters. The van der Waals surface area contributed by atoms with E-state index in [2.05, 4.69) is 10.4 Å². The lowest BCUT2D eigenvalue weighted by Crippen LogP contribution is -2.51. The van der Waals surface area contributed by atoms with Gasteiger partial charge in [-0.25, -0.2) is 0 Å². The summed E-state index contributed by atoms with van der Waals surface area (Å²) in [7, 11) is 1.76. The van der Waals surface area contributed by atoms with E-state index in [0.29, 0.717) is 12.2 Å². The molecule has 0 bridgehead atoms. The number of aryl methyl sites for hydroxylation is 1. The Labute approximate surface area is 114 Å². The molecule has 0 unspecified atom stereocenters. The summed E-state index contributed by atoms with van der Waals surface area (Å²) in [5, 5.41) is 6.89. The van der Waals surface area contributed by atoms with Crippen molar-refractivity contribution in [2.75, 3.05) is 6.54 Å². The predicted molar refractivity (Wildman–Crippen MR) is 72.8 cm³/mol. The van der Waals surface area contributed by atoms with Gasteiger partial charge in [0.2, 0.25) is 0 Å². The summed E-state index contributed by atoms with van der Waals surface area (Å²) in [5.41, 5.74) is 6.62. The zero-order valence-electron chi connectivity index (χ0n) is 10.7. The lowest BCUT2D eigenvalue weighted by Gasteiger charge is -2.33. The second-order valence-electron chi connectivity index (χ2n) is 4.95. The molecule has 0 spiro atoms. The predicted octanol–water partition coefficient (Wildman–Crippen LogP) is 1.23. The van der Waals surface area contributed by atoms with Crippen LogP contribution in [-0.2, 0) is 7.05 Å². The van der Waals surface area contributed by atoms with Gasteiger partial charge < -0.3 is 11.1 Å². The summed E-state index contributed by atoms with van der Waals surface area (Å²) >= 11 is 0. The Morgan fingerprint density at radius 1 is 1.50 bits per heavy atom. The van der Waals surface area contributed by atoms with E-state index in [4.69, 9.17) is 5.73 Å². The fourth-order valence-electron chi connectivity index (χ4n) is 2.38. The van der Waals surface area contributed by atoms with Crippen LogP contribution in [0.25, 0.3) is 0 Å². The second-order valence-corrected chi connectivity index (χ2v) is 4.95. The first-order valence-corrected chi connectivity index (χ1v) is 6.16. The van der Waals surface area contributed by atoms with Gasteiger partial charge in [0.1, 0.15) is 5.69 Å². The minimum Gasteiger partial charge on any atom is -0.349 e. The van der Waals surface area contributed by atoms with Crippen LogP contribution in [0.15, 0.2) is 12.3 Å². The molecule has 5 nitrogen and oxygen atoms in total. The Morgan fingerprint density at radius 3 is 2.72 bits per heavy atom. The Kier molecular flexibility index (Phi) is 5.16. The Morgan fingerprint density at radius 2 is 2.17 bits per heavy atom. The van der Waals surface area contributed by atoms with E-state index < -0.39 is 0 Å². The molecule has 1 fully saturated rings. The third-order valence-corrected chi connectivity index (χ3v) is 3.50. The number of nitrogens with one attached hydrogen (secondary N) is 1. The molecule has 18 heavy (non-hydrogen) atoms. The summed E-state index contributed by atoms with van der Waals surface area (Å²) in [4.78, 5) is 11.9. The maximum atomic E-state index is 11.9. The van der Waals surface area contributed by atoms with Gasteiger partial charge in [-0.3, -0.25) is 9.48 Å². The molecule has 0 radical (unpaired) electrons. The first-order chi connectivity index (χ1) is 8.11. The standard InChI is InChI=1S/C12H20N4O.ClH/c1-16-10(5-8-15-16)11(17)14-9-12(13)6-3-2-4-7-12;/h5,8H,2-4,6-7,9,13H2,1H3,(H,14,17);1H. The van der Waals surface area contributed by atoms with E-state index in [9.17, 15) is 4.79 Å². The van der Waals surface area contributed by atoms with Gasteiger partial charge in [-0.1, -0.05) is 19.3 Å². The fourth-order valence-corrected chi connectivity index (χ4v) is 2.38. The Hall–Kier alpha value is -1.07. The summed E-state index contributed by atoms with van der Waals surface area (Å²) < 4.78 is 1.57. The van der Waals surface area contributed by atoms with Crippen LogP contribution in [0.2, 0.25) is 0 Å². The number of aromatic nitrogens is 2. The molecular weight excluding hydrogens is 252 g/mol. The van der Waals surface area contributed by atoms with Crippen molar-refractivity contribution < 1.29 is 4.79 Å². The lowest BCUT2D eigenvalue weighted by atomic mass is 9.82. The van der Waals surface area contributed by atoms with Crippen LogP contribution < -0.4 is 11.1 Å². The summed E-state index contributed by atoms with van der Waals surface area (Å²) in [6, 6.07) is 1.71. The quantitative estimate of drug-likeness (QED) is 0.869. The molecule has 1 aliphatic carbocycles. The molecule has 1 aromatic heterocycles. The number of amides is 1. The van der Waals surface area contributed by atoms with E-state index >= 15 is 0 Å². The van der Waals surface area contributed by atoms with Gasteiger partial charge in [0.15, 0.2) is 0 Å². The molecule has 0 aromatic carbocycles. The van der Waals surface area contributed by atoms with Crippen LogP contribution >= 0.6 is 12.4 Å². The van der Waals surface area contributed by atoms with Crippen molar-refractivity contribution in [3.05, 3.63) is 18.0 Å². The van der Waals surface area contributed by atoms with Crippen LogP contribution in [0, 0.1) is 0 Å². The molecule has 1 heterocycles. The number of carbonyl (C=O) groups is 1. The highest BCUT2D eigenvalue weighted by Crippen LogP contribution is 2.25. The van der Waals surface area contributed by atoms with E-state index in [0.717, 1.165) is 25.7 Å². The maximum absolute atomic E-state index is 11.9. The van der Waals surface area contributed by atoms with Crippen LogP contribution in [0.3, 0.4) is 0 Å². The lowest BCUT2D eigenvalue weighted by molar-refractivity contribution is 0.0928. The highest BCUT2D eigenvalue weighted by molar-refractivity contribution is 5.92. The fraction of sp³-hybridized carbons (Fsp3) is 0.667. The summed E-state index contributed by atoms with van der Waals surface area (Å²) in [6.07, 6.45) is 7.20. The molecule has 0 aliphatic heterocycles. The van der Waals surface area contributed by atoms with Gasteiger partial charge in [0, 0.05) is 25.3 Å². The Balaban J connectivity index is 0.00000162. The smallest absolute Gasteiger partial charge is 0.269 e. The molecule has 1 saturated carbocycles. The first kappa shape index (κ1) is 15.0. The first-order valence-electron chi connectivity index (χ1n) is 6.16. The van der Waals surface area contributed by atoms with E-state index in [1.54, 1.807) is 24.0 Å². The Bertz CT molecular complexity index is 399. The van der Waals surface area contributed by atoms with Crippen molar-refractivity contribution in [3.63, 3.8) is 0 Å². The average Bonchev–Trinajstić information content (AvgIpc) is 2.74. The molecule has 102 valence electrons. The van der Waals surface area contributed by atoms with Gasteiger partial charge in [0.25, 0.3) is 5.91 Å². The second kappa shape index (κ2) is 6.20. The topological polar surface area (TPSA) is 72.9 Å². The number of hydrogen-bond acceptors (Lipinski definition) is 3. The maximum Gasteiger partial charge on any atom is 0.269 e. The minimum atomic E-state index is -0.216. The monoisotopic (exact) mass is 272 g/mol. The van der Waals surface area contributed by atoms with Crippen LogP contribution in [-0.4, -0.2) is 27.8 Å². The van der Waals surface area contributed by atoms with Crippen LogP contribution in [0.5, 0.6) is 0 Å². The molecule has 1 aromatic rings. The third kappa shape index (κ3) is 3.46. The summed E-state index contributed by atoms with van der Waals surface area (Å²) in [6.45, 7) is 0.553. The molecule has 2 rings (SSSR count).